The van der Waals surface area contributed by atoms with E-state index >= 15 is 0 Å². The van der Waals surface area contributed by atoms with E-state index in [4.69, 9.17) is 4.74 Å². The molecule has 0 saturated carbocycles. The number of hydrogen-bond acceptors (Lipinski definition) is 3. The molecule has 0 atom stereocenters. The third-order valence-electron chi connectivity index (χ3n) is 3.80. The largest absolute Gasteiger partial charge is 0.462 e. The highest BCUT2D eigenvalue weighted by molar-refractivity contribution is 5.89. The average molecular weight is 325 g/mol. The minimum atomic E-state index is -0.240. The van der Waals surface area contributed by atoms with E-state index in [1.165, 1.54) is 16.7 Å². The maximum Gasteiger partial charge on any atom is 0.338 e. The van der Waals surface area contributed by atoms with Gasteiger partial charge < -0.3 is 10.1 Å². The molecule has 0 aromatic heterocycles. The summed E-state index contributed by atoms with van der Waals surface area (Å²) in [5.74, 6) is -0.240. The SMILES string of the molecule is Cc1cc(C)cc(CNCCCOC(=O)c2cc(C)cc(C)c2)c1. The summed E-state index contributed by atoms with van der Waals surface area (Å²) in [5.41, 5.74) is 6.66. The molecule has 2 rings (SSSR count). The van der Waals surface area contributed by atoms with Gasteiger partial charge in [0.05, 0.1) is 12.2 Å². The Morgan fingerprint density at radius 3 is 2.00 bits per heavy atom. The number of rotatable bonds is 7. The highest BCUT2D eigenvalue weighted by Crippen LogP contribution is 2.10. The van der Waals surface area contributed by atoms with Crippen molar-refractivity contribution in [3.05, 3.63) is 69.8 Å². The Balaban J connectivity index is 1.68. The van der Waals surface area contributed by atoms with Gasteiger partial charge in [0.15, 0.2) is 0 Å². The summed E-state index contributed by atoms with van der Waals surface area (Å²) in [6.45, 7) is 10.3. The van der Waals surface area contributed by atoms with Crippen molar-refractivity contribution in [2.75, 3.05) is 13.2 Å². The quantitative estimate of drug-likeness (QED) is 0.611. The second-order valence-electron chi connectivity index (χ2n) is 6.54. The smallest absolute Gasteiger partial charge is 0.338 e. The molecule has 24 heavy (non-hydrogen) atoms. The van der Waals surface area contributed by atoms with Gasteiger partial charge in [-0.3, -0.25) is 0 Å². The first-order chi connectivity index (χ1) is 11.4. The van der Waals surface area contributed by atoms with Gasteiger partial charge in [-0.15, -0.1) is 0 Å². The van der Waals surface area contributed by atoms with E-state index in [1.54, 1.807) is 0 Å². The number of esters is 1. The molecule has 0 spiro atoms. The van der Waals surface area contributed by atoms with E-state index in [0.29, 0.717) is 12.2 Å². The van der Waals surface area contributed by atoms with Gasteiger partial charge >= 0.3 is 5.97 Å². The zero-order chi connectivity index (χ0) is 17.5. The van der Waals surface area contributed by atoms with E-state index in [-0.39, 0.29) is 5.97 Å². The van der Waals surface area contributed by atoms with Crippen LogP contribution in [-0.2, 0) is 11.3 Å². The first-order valence-electron chi connectivity index (χ1n) is 8.47. The molecule has 0 radical (unpaired) electrons. The molecule has 0 aliphatic carbocycles. The minimum Gasteiger partial charge on any atom is -0.462 e. The van der Waals surface area contributed by atoms with Gasteiger partial charge in [-0.25, -0.2) is 4.79 Å². The number of ether oxygens (including phenoxy) is 1. The van der Waals surface area contributed by atoms with Crippen LogP contribution in [-0.4, -0.2) is 19.1 Å². The van der Waals surface area contributed by atoms with Crippen LogP contribution in [0.25, 0.3) is 0 Å². The van der Waals surface area contributed by atoms with Gasteiger partial charge in [0.1, 0.15) is 0 Å². The third kappa shape index (κ3) is 5.82. The highest BCUT2D eigenvalue weighted by atomic mass is 16.5. The molecule has 0 unspecified atom stereocenters. The summed E-state index contributed by atoms with van der Waals surface area (Å²) in [4.78, 5) is 12.0. The van der Waals surface area contributed by atoms with Gasteiger partial charge in [-0.1, -0.05) is 46.5 Å². The van der Waals surface area contributed by atoms with Crippen LogP contribution in [0, 0.1) is 27.7 Å². The van der Waals surface area contributed by atoms with Gasteiger partial charge in [0, 0.05) is 6.54 Å². The third-order valence-corrected chi connectivity index (χ3v) is 3.80. The van der Waals surface area contributed by atoms with Crippen molar-refractivity contribution in [1.82, 2.24) is 5.32 Å². The molecule has 3 nitrogen and oxygen atoms in total. The molecule has 128 valence electrons. The zero-order valence-electron chi connectivity index (χ0n) is 15.1. The van der Waals surface area contributed by atoms with Gasteiger partial charge in [0.2, 0.25) is 0 Å². The molecule has 2 aromatic carbocycles. The maximum absolute atomic E-state index is 12.0. The van der Waals surface area contributed by atoms with Crippen LogP contribution in [0.5, 0.6) is 0 Å². The Morgan fingerprint density at radius 1 is 0.875 bits per heavy atom. The summed E-state index contributed by atoms with van der Waals surface area (Å²) in [5, 5.41) is 3.40. The summed E-state index contributed by atoms with van der Waals surface area (Å²) in [7, 11) is 0. The lowest BCUT2D eigenvalue weighted by Crippen LogP contribution is -2.17. The van der Waals surface area contributed by atoms with Crippen molar-refractivity contribution < 1.29 is 9.53 Å². The van der Waals surface area contributed by atoms with Crippen molar-refractivity contribution in [2.24, 2.45) is 0 Å². The fraction of sp³-hybridized carbons (Fsp3) is 0.381. The Morgan fingerprint density at radius 2 is 1.42 bits per heavy atom. The van der Waals surface area contributed by atoms with Crippen LogP contribution in [0.15, 0.2) is 36.4 Å². The van der Waals surface area contributed by atoms with Crippen LogP contribution in [0.1, 0.15) is 44.6 Å². The minimum absolute atomic E-state index is 0.240. The van der Waals surface area contributed by atoms with E-state index < -0.39 is 0 Å². The number of hydrogen-bond donors (Lipinski definition) is 1. The van der Waals surface area contributed by atoms with Crippen LogP contribution in [0.3, 0.4) is 0 Å². The summed E-state index contributed by atoms with van der Waals surface area (Å²) >= 11 is 0. The second-order valence-corrected chi connectivity index (χ2v) is 6.54. The number of carbonyl (C=O) groups is 1. The lowest BCUT2D eigenvalue weighted by Gasteiger charge is -2.09. The van der Waals surface area contributed by atoms with Crippen LogP contribution in [0.2, 0.25) is 0 Å². The Bertz CT molecular complexity index is 666. The number of carbonyl (C=O) groups excluding carboxylic acids is 1. The molecule has 1 N–H and O–H groups in total. The highest BCUT2D eigenvalue weighted by Gasteiger charge is 2.07. The molecular formula is C21H27NO2. The number of nitrogens with one attached hydrogen (secondary N) is 1. The van der Waals surface area contributed by atoms with Crippen molar-refractivity contribution in [1.29, 1.82) is 0 Å². The predicted molar refractivity (Wildman–Crippen MR) is 98.4 cm³/mol. The lowest BCUT2D eigenvalue weighted by atomic mass is 10.1. The fourth-order valence-corrected chi connectivity index (χ4v) is 2.94. The molecule has 0 amide bonds. The molecular weight excluding hydrogens is 298 g/mol. The van der Waals surface area contributed by atoms with E-state index in [2.05, 4.69) is 37.4 Å². The standard InChI is InChI=1S/C21H27NO2/c1-15-8-16(2)11-19(10-15)14-22-6-5-7-24-21(23)20-12-17(3)9-18(4)13-20/h8-13,22H,5-7,14H2,1-4H3. The van der Waals surface area contributed by atoms with E-state index in [0.717, 1.165) is 30.6 Å². The summed E-state index contributed by atoms with van der Waals surface area (Å²) in [6.07, 6.45) is 0.807. The zero-order valence-corrected chi connectivity index (χ0v) is 15.1. The van der Waals surface area contributed by atoms with Crippen molar-refractivity contribution in [2.45, 2.75) is 40.7 Å². The van der Waals surface area contributed by atoms with Gasteiger partial charge in [0.25, 0.3) is 0 Å². The topological polar surface area (TPSA) is 38.3 Å². The molecule has 2 aromatic rings. The molecule has 0 bridgehead atoms. The first-order valence-corrected chi connectivity index (χ1v) is 8.47. The fourth-order valence-electron chi connectivity index (χ4n) is 2.94. The van der Waals surface area contributed by atoms with E-state index in [9.17, 15) is 4.79 Å². The molecule has 0 heterocycles. The molecule has 0 fully saturated rings. The normalized spacial score (nSPS) is 10.7. The Kier molecular flexibility index (Phi) is 6.56. The van der Waals surface area contributed by atoms with Crippen LogP contribution in [0.4, 0.5) is 0 Å². The Hall–Kier alpha value is -2.13. The molecule has 0 aliphatic rings. The summed E-state index contributed by atoms with van der Waals surface area (Å²) in [6, 6.07) is 12.4. The first kappa shape index (κ1) is 18.2. The molecule has 3 heteroatoms. The average Bonchev–Trinajstić information content (AvgIpc) is 2.48. The maximum atomic E-state index is 12.0. The Labute approximate surface area is 145 Å². The predicted octanol–water partition coefficient (Wildman–Crippen LogP) is 4.26. The number of aryl methyl sites for hydroxylation is 4. The monoisotopic (exact) mass is 325 g/mol. The molecule has 0 aliphatic heterocycles. The lowest BCUT2D eigenvalue weighted by molar-refractivity contribution is 0.0500. The van der Waals surface area contributed by atoms with Crippen molar-refractivity contribution in [3.63, 3.8) is 0 Å². The van der Waals surface area contributed by atoms with E-state index in [1.807, 2.05) is 32.0 Å². The van der Waals surface area contributed by atoms with Crippen LogP contribution >= 0.6 is 0 Å². The van der Waals surface area contributed by atoms with Gasteiger partial charge in [-0.2, -0.15) is 0 Å². The van der Waals surface area contributed by atoms with Gasteiger partial charge in [-0.05, 0) is 58.4 Å². The van der Waals surface area contributed by atoms with Crippen molar-refractivity contribution >= 4 is 5.97 Å². The van der Waals surface area contributed by atoms with Crippen LogP contribution < -0.4 is 5.32 Å². The number of benzene rings is 2. The molecule has 0 saturated heterocycles. The van der Waals surface area contributed by atoms with Crippen molar-refractivity contribution in [3.8, 4) is 0 Å². The second kappa shape index (κ2) is 8.65. The summed E-state index contributed by atoms with van der Waals surface area (Å²) < 4.78 is 5.35.